The van der Waals surface area contributed by atoms with Gasteiger partial charge in [0.1, 0.15) is 6.10 Å². The second-order valence-corrected chi connectivity index (χ2v) is 5.33. The first-order valence-corrected chi connectivity index (χ1v) is 6.51. The van der Waals surface area contributed by atoms with Crippen LogP contribution in [-0.4, -0.2) is 5.11 Å². The molecule has 18 heavy (non-hydrogen) atoms. The normalized spacial score (nSPS) is 12.5. The zero-order valence-corrected chi connectivity index (χ0v) is 11.9. The third-order valence-corrected chi connectivity index (χ3v) is 3.75. The lowest BCUT2D eigenvalue weighted by atomic mass is 10.0. The molecule has 1 nitrogen and oxygen atoms in total. The van der Waals surface area contributed by atoms with Crippen molar-refractivity contribution in [1.29, 1.82) is 0 Å². The quantitative estimate of drug-likeness (QED) is 0.824. The Bertz CT molecular complexity index is 581. The number of rotatable bonds is 2. The molecule has 4 heteroatoms. The van der Waals surface area contributed by atoms with Crippen LogP contribution in [-0.2, 0) is 0 Å². The number of hydrogen-bond donors (Lipinski definition) is 1. The molecule has 0 radical (unpaired) electrons. The number of aliphatic hydroxyl groups excluding tert-OH is 1. The molecule has 0 aliphatic heterocycles. The van der Waals surface area contributed by atoms with E-state index in [0.29, 0.717) is 26.2 Å². The number of hydrogen-bond acceptors (Lipinski definition) is 1. The minimum atomic E-state index is -0.839. The van der Waals surface area contributed by atoms with Crippen LogP contribution in [0.4, 0.5) is 0 Å². The van der Waals surface area contributed by atoms with Crippen molar-refractivity contribution in [3.63, 3.8) is 0 Å². The Labute approximate surface area is 121 Å². The molecule has 1 atom stereocenters. The Kier molecular flexibility index (Phi) is 4.18. The van der Waals surface area contributed by atoms with Gasteiger partial charge in [-0.1, -0.05) is 46.9 Å². The van der Waals surface area contributed by atoms with Crippen LogP contribution in [0.1, 0.15) is 22.8 Å². The van der Waals surface area contributed by atoms with Crippen molar-refractivity contribution in [3.8, 4) is 0 Å². The highest BCUT2D eigenvalue weighted by Crippen LogP contribution is 2.32. The van der Waals surface area contributed by atoms with Crippen molar-refractivity contribution in [3.05, 3.63) is 68.2 Å². The molecule has 2 rings (SSSR count). The summed E-state index contributed by atoms with van der Waals surface area (Å²) in [6.07, 6.45) is -0.839. The average molecular weight is 302 g/mol. The fourth-order valence-corrected chi connectivity index (χ4v) is 2.27. The first-order chi connectivity index (χ1) is 8.49. The van der Waals surface area contributed by atoms with E-state index >= 15 is 0 Å². The second kappa shape index (κ2) is 5.50. The fraction of sp³-hybridized carbons (Fsp3) is 0.143. The third kappa shape index (κ3) is 2.81. The summed E-state index contributed by atoms with van der Waals surface area (Å²) in [5.41, 5.74) is 2.23. The summed E-state index contributed by atoms with van der Waals surface area (Å²) in [5, 5.41) is 11.9. The predicted octanol–water partition coefficient (Wildman–Crippen LogP) is 5.04. The molecule has 1 unspecified atom stereocenters. The number of halogens is 3. The van der Waals surface area contributed by atoms with Gasteiger partial charge in [-0.2, -0.15) is 0 Å². The Morgan fingerprint density at radius 3 is 2.33 bits per heavy atom. The van der Waals surface area contributed by atoms with E-state index in [4.69, 9.17) is 34.8 Å². The van der Waals surface area contributed by atoms with Gasteiger partial charge in [-0.15, -0.1) is 0 Å². The smallest absolute Gasteiger partial charge is 0.106 e. The van der Waals surface area contributed by atoms with E-state index in [1.165, 1.54) is 0 Å². The fourth-order valence-electron chi connectivity index (χ4n) is 1.68. The van der Waals surface area contributed by atoms with Crippen LogP contribution < -0.4 is 0 Å². The Hall–Kier alpha value is -0.730. The molecule has 94 valence electrons. The summed E-state index contributed by atoms with van der Waals surface area (Å²) >= 11 is 18.0. The van der Waals surface area contributed by atoms with Crippen LogP contribution in [0, 0.1) is 6.92 Å². The van der Waals surface area contributed by atoms with Gasteiger partial charge in [0.2, 0.25) is 0 Å². The zero-order valence-electron chi connectivity index (χ0n) is 9.62. The van der Waals surface area contributed by atoms with Gasteiger partial charge >= 0.3 is 0 Å². The highest BCUT2D eigenvalue weighted by atomic mass is 35.5. The summed E-state index contributed by atoms with van der Waals surface area (Å²) in [7, 11) is 0. The number of aliphatic hydroxyl groups is 1. The van der Waals surface area contributed by atoms with Gasteiger partial charge in [0.25, 0.3) is 0 Å². The van der Waals surface area contributed by atoms with E-state index in [2.05, 4.69) is 0 Å². The number of benzene rings is 2. The van der Waals surface area contributed by atoms with Crippen LogP contribution in [0.15, 0.2) is 36.4 Å². The zero-order chi connectivity index (χ0) is 13.3. The topological polar surface area (TPSA) is 20.2 Å². The van der Waals surface area contributed by atoms with E-state index in [1.54, 1.807) is 24.3 Å². The van der Waals surface area contributed by atoms with Crippen LogP contribution in [0.5, 0.6) is 0 Å². The predicted molar refractivity (Wildman–Crippen MR) is 76.7 cm³/mol. The summed E-state index contributed by atoms with van der Waals surface area (Å²) in [6.45, 7) is 1.91. The molecule has 0 saturated heterocycles. The molecular weight excluding hydrogens is 291 g/mol. The lowest BCUT2D eigenvalue weighted by molar-refractivity contribution is 0.220. The SMILES string of the molecule is Cc1ccc(C(O)c2cc(Cl)ccc2Cl)cc1Cl. The van der Waals surface area contributed by atoms with Gasteiger partial charge < -0.3 is 5.11 Å². The van der Waals surface area contributed by atoms with Crippen LogP contribution in [0.3, 0.4) is 0 Å². The Morgan fingerprint density at radius 2 is 1.67 bits per heavy atom. The largest absolute Gasteiger partial charge is 0.384 e. The third-order valence-electron chi connectivity index (χ3n) is 2.76. The highest BCUT2D eigenvalue weighted by molar-refractivity contribution is 6.33. The molecule has 2 aromatic rings. The van der Waals surface area contributed by atoms with Gasteiger partial charge in [0, 0.05) is 20.6 Å². The number of aryl methyl sites for hydroxylation is 1. The minimum absolute atomic E-state index is 0.476. The average Bonchev–Trinajstić information content (AvgIpc) is 2.35. The molecular formula is C14H11Cl3O. The maximum absolute atomic E-state index is 10.3. The van der Waals surface area contributed by atoms with Gasteiger partial charge in [0.05, 0.1) is 0 Å². The lowest BCUT2D eigenvalue weighted by Gasteiger charge is -2.14. The highest BCUT2D eigenvalue weighted by Gasteiger charge is 2.15. The molecule has 0 saturated carbocycles. The molecule has 0 amide bonds. The molecule has 0 bridgehead atoms. The maximum atomic E-state index is 10.3. The van der Waals surface area contributed by atoms with E-state index < -0.39 is 6.10 Å². The van der Waals surface area contributed by atoms with Crippen molar-refractivity contribution in [2.24, 2.45) is 0 Å². The van der Waals surface area contributed by atoms with E-state index in [0.717, 1.165) is 5.56 Å². The van der Waals surface area contributed by atoms with Crippen molar-refractivity contribution < 1.29 is 5.11 Å². The molecule has 0 spiro atoms. The molecule has 2 aromatic carbocycles. The van der Waals surface area contributed by atoms with Crippen molar-refractivity contribution in [2.45, 2.75) is 13.0 Å². The molecule has 0 aliphatic rings. The molecule has 0 aromatic heterocycles. The van der Waals surface area contributed by atoms with E-state index in [-0.39, 0.29) is 0 Å². The molecule has 0 heterocycles. The van der Waals surface area contributed by atoms with E-state index in [1.807, 2.05) is 19.1 Å². The monoisotopic (exact) mass is 300 g/mol. The van der Waals surface area contributed by atoms with E-state index in [9.17, 15) is 5.11 Å². The molecule has 0 fully saturated rings. The first kappa shape index (κ1) is 13.7. The van der Waals surface area contributed by atoms with Crippen LogP contribution >= 0.6 is 34.8 Å². The van der Waals surface area contributed by atoms with Crippen molar-refractivity contribution in [1.82, 2.24) is 0 Å². The summed E-state index contributed by atoms with van der Waals surface area (Å²) in [6, 6.07) is 10.4. The van der Waals surface area contributed by atoms with Gasteiger partial charge in [0.15, 0.2) is 0 Å². The van der Waals surface area contributed by atoms with Gasteiger partial charge in [-0.25, -0.2) is 0 Å². The standard InChI is InChI=1S/C14H11Cl3O/c1-8-2-3-9(6-13(8)17)14(18)11-7-10(15)4-5-12(11)16/h2-7,14,18H,1H3. The Morgan fingerprint density at radius 1 is 0.944 bits per heavy atom. The van der Waals surface area contributed by atoms with Crippen LogP contribution in [0.2, 0.25) is 15.1 Å². The van der Waals surface area contributed by atoms with Crippen LogP contribution in [0.25, 0.3) is 0 Å². The lowest BCUT2D eigenvalue weighted by Crippen LogP contribution is -2.01. The first-order valence-electron chi connectivity index (χ1n) is 5.38. The summed E-state index contributed by atoms with van der Waals surface area (Å²) in [5.74, 6) is 0. The summed E-state index contributed by atoms with van der Waals surface area (Å²) < 4.78 is 0. The van der Waals surface area contributed by atoms with Crippen molar-refractivity contribution in [2.75, 3.05) is 0 Å². The Balaban J connectivity index is 2.44. The second-order valence-electron chi connectivity index (χ2n) is 4.08. The summed E-state index contributed by atoms with van der Waals surface area (Å²) in [4.78, 5) is 0. The molecule has 0 aliphatic carbocycles. The van der Waals surface area contributed by atoms with Gasteiger partial charge in [-0.3, -0.25) is 0 Å². The van der Waals surface area contributed by atoms with Crippen molar-refractivity contribution >= 4 is 34.8 Å². The molecule has 1 N–H and O–H groups in total. The van der Waals surface area contributed by atoms with Gasteiger partial charge in [-0.05, 0) is 42.3 Å². The maximum Gasteiger partial charge on any atom is 0.106 e. The minimum Gasteiger partial charge on any atom is -0.384 e.